The van der Waals surface area contributed by atoms with E-state index in [1.54, 1.807) is 0 Å². The van der Waals surface area contributed by atoms with E-state index in [9.17, 15) is 4.79 Å². The molecule has 0 radical (unpaired) electrons. The topological polar surface area (TPSA) is 41.1 Å². The highest BCUT2D eigenvalue weighted by Crippen LogP contribution is 2.48. The summed E-state index contributed by atoms with van der Waals surface area (Å²) >= 11 is 0. The molecule has 1 heterocycles. The van der Waals surface area contributed by atoms with Gasteiger partial charge in [0.05, 0.1) is 6.04 Å². The zero-order valence-electron chi connectivity index (χ0n) is 8.46. The highest BCUT2D eigenvalue weighted by Gasteiger charge is 2.43. The molecule has 2 N–H and O–H groups in total. The third-order valence-corrected chi connectivity index (χ3v) is 4.20. The van der Waals surface area contributed by atoms with Crippen LogP contribution in [0.2, 0.25) is 0 Å². The van der Waals surface area contributed by atoms with E-state index < -0.39 is 0 Å². The van der Waals surface area contributed by atoms with Gasteiger partial charge in [0.2, 0.25) is 5.91 Å². The van der Waals surface area contributed by atoms with Crippen molar-refractivity contribution in [2.75, 3.05) is 13.1 Å². The molecular formula is C11H18N2O. The summed E-state index contributed by atoms with van der Waals surface area (Å²) in [6, 6.07) is 0.418. The normalized spacial score (nSPS) is 41.0. The van der Waals surface area contributed by atoms with Gasteiger partial charge in [-0.2, -0.15) is 0 Å². The molecule has 3 rings (SSSR count). The molecule has 3 aliphatic rings. The molecule has 0 aromatic rings. The fourth-order valence-electron chi connectivity index (χ4n) is 3.26. The molecule has 1 saturated heterocycles. The fourth-order valence-corrected chi connectivity index (χ4v) is 3.26. The largest absolute Gasteiger partial charge is 0.351 e. The lowest BCUT2D eigenvalue weighted by Gasteiger charge is -2.30. The van der Waals surface area contributed by atoms with Crippen molar-refractivity contribution in [1.29, 1.82) is 0 Å². The molecular weight excluding hydrogens is 176 g/mol. The minimum atomic E-state index is 0.337. The van der Waals surface area contributed by atoms with Gasteiger partial charge in [0.15, 0.2) is 0 Å². The second-order valence-corrected chi connectivity index (χ2v) is 5.15. The van der Waals surface area contributed by atoms with Crippen LogP contribution in [0, 0.1) is 17.8 Å². The summed E-state index contributed by atoms with van der Waals surface area (Å²) in [5.74, 6) is 2.28. The highest BCUT2D eigenvalue weighted by molar-refractivity contribution is 5.80. The summed E-state index contributed by atoms with van der Waals surface area (Å²) in [4.78, 5) is 11.9. The fraction of sp³-hybridized carbons (Fsp3) is 0.909. The molecule has 0 aromatic heterocycles. The van der Waals surface area contributed by atoms with Crippen molar-refractivity contribution in [1.82, 2.24) is 10.6 Å². The van der Waals surface area contributed by atoms with E-state index in [0.29, 0.717) is 23.8 Å². The molecule has 14 heavy (non-hydrogen) atoms. The Balaban J connectivity index is 1.57. The maximum Gasteiger partial charge on any atom is 0.223 e. The van der Waals surface area contributed by atoms with Gasteiger partial charge in [-0.1, -0.05) is 6.42 Å². The van der Waals surface area contributed by atoms with Crippen molar-refractivity contribution in [3.63, 3.8) is 0 Å². The number of rotatable bonds is 2. The summed E-state index contributed by atoms with van der Waals surface area (Å²) in [7, 11) is 0. The number of carbonyl (C=O) groups excluding carboxylic acids is 1. The van der Waals surface area contributed by atoms with Crippen molar-refractivity contribution in [2.45, 2.75) is 31.7 Å². The van der Waals surface area contributed by atoms with E-state index >= 15 is 0 Å². The molecule has 2 saturated carbocycles. The van der Waals surface area contributed by atoms with Gasteiger partial charge in [0, 0.05) is 19.0 Å². The van der Waals surface area contributed by atoms with Crippen LogP contribution in [-0.4, -0.2) is 25.0 Å². The van der Waals surface area contributed by atoms with Gasteiger partial charge < -0.3 is 10.6 Å². The minimum absolute atomic E-state index is 0.337. The van der Waals surface area contributed by atoms with Crippen molar-refractivity contribution in [3.05, 3.63) is 0 Å². The lowest BCUT2D eigenvalue weighted by molar-refractivity contribution is -0.127. The Labute approximate surface area is 84.6 Å². The molecule has 2 bridgehead atoms. The number of carbonyl (C=O) groups is 1. The van der Waals surface area contributed by atoms with Crippen LogP contribution in [0.5, 0.6) is 0 Å². The molecule has 0 aromatic carbocycles. The molecule has 3 nitrogen and oxygen atoms in total. The number of hydrogen-bond donors (Lipinski definition) is 2. The summed E-state index contributed by atoms with van der Waals surface area (Å²) < 4.78 is 0. The SMILES string of the molecule is O=C(NC1CNC1)C1CC2CCC1C2. The maximum absolute atomic E-state index is 11.9. The first-order valence-electron chi connectivity index (χ1n) is 5.84. The Hall–Kier alpha value is -0.570. The standard InChI is InChI=1S/C11H18N2O/c14-11(13-9-5-12-6-9)10-4-7-1-2-8(10)3-7/h7-10,12H,1-6H2,(H,13,14). The number of fused-ring (bicyclic) bond motifs is 2. The van der Waals surface area contributed by atoms with Crippen LogP contribution in [0.3, 0.4) is 0 Å². The lowest BCUT2D eigenvalue weighted by Crippen LogP contribution is -2.58. The minimum Gasteiger partial charge on any atom is -0.351 e. The number of amides is 1. The van der Waals surface area contributed by atoms with Gasteiger partial charge in [-0.15, -0.1) is 0 Å². The Kier molecular flexibility index (Phi) is 2.01. The van der Waals surface area contributed by atoms with Crippen LogP contribution in [0.25, 0.3) is 0 Å². The van der Waals surface area contributed by atoms with Gasteiger partial charge in [0.25, 0.3) is 0 Å². The first-order chi connectivity index (χ1) is 6.83. The highest BCUT2D eigenvalue weighted by atomic mass is 16.2. The number of nitrogens with one attached hydrogen (secondary N) is 2. The van der Waals surface area contributed by atoms with Crippen molar-refractivity contribution >= 4 is 5.91 Å². The van der Waals surface area contributed by atoms with Gasteiger partial charge in [-0.05, 0) is 31.1 Å². The second kappa shape index (κ2) is 3.23. The monoisotopic (exact) mass is 194 g/mol. The average molecular weight is 194 g/mol. The Morgan fingerprint density at radius 2 is 2.07 bits per heavy atom. The third-order valence-electron chi connectivity index (χ3n) is 4.20. The predicted octanol–water partition coefficient (Wildman–Crippen LogP) is 0.511. The summed E-state index contributed by atoms with van der Waals surface area (Å²) in [6.07, 6.45) is 5.16. The van der Waals surface area contributed by atoms with Crippen molar-refractivity contribution in [3.8, 4) is 0 Å². The molecule has 3 unspecified atom stereocenters. The van der Waals surface area contributed by atoms with Gasteiger partial charge in [0.1, 0.15) is 0 Å². The van der Waals surface area contributed by atoms with Crippen molar-refractivity contribution in [2.24, 2.45) is 17.8 Å². The second-order valence-electron chi connectivity index (χ2n) is 5.15. The van der Waals surface area contributed by atoms with Gasteiger partial charge in [-0.25, -0.2) is 0 Å². The van der Waals surface area contributed by atoms with Crippen molar-refractivity contribution < 1.29 is 4.79 Å². The summed E-state index contributed by atoms with van der Waals surface area (Å²) in [5.41, 5.74) is 0. The Morgan fingerprint density at radius 3 is 2.57 bits per heavy atom. The van der Waals surface area contributed by atoms with Gasteiger partial charge >= 0.3 is 0 Å². The van der Waals surface area contributed by atoms with E-state index in [1.165, 1.54) is 19.3 Å². The zero-order chi connectivity index (χ0) is 9.54. The van der Waals surface area contributed by atoms with Crippen LogP contribution < -0.4 is 10.6 Å². The summed E-state index contributed by atoms with van der Waals surface area (Å²) in [6.45, 7) is 1.93. The molecule has 78 valence electrons. The van der Waals surface area contributed by atoms with E-state index in [0.717, 1.165) is 25.4 Å². The Morgan fingerprint density at radius 1 is 1.21 bits per heavy atom. The Bertz CT molecular complexity index is 250. The van der Waals surface area contributed by atoms with Crippen LogP contribution in [0.4, 0.5) is 0 Å². The quantitative estimate of drug-likeness (QED) is 0.672. The zero-order valence-corrected chi connectivity index (χ0v) is 8.46. The third kappa shape index (κ3) is 1.34. The molecule has 1 amide bonds. The van der Waals surface area contributed by atoms with E-state index in [1.807, 2.05) is 0 Å². The van der Waals surface area contributed by atoms with E-state index in [2.05, 4.69) is 10.6 Å². The molecule has 1 aliphatic heterocycles. The van der Waals surface area contributed by atoms with Crippen LogP contribution in [0.15, 0.2) is 0 Å². The van der Waals surface area contributed by atoms with E-state index in [4.69, 9.17) is 0 Å². The lowest BCUT2D eigenvalue weighted by atomic mass is 9.88. The summed E-state index contributed by atoms with van der Waals surface area (Å²) in [5, 5.41) is 6.32. The smallest absolute Gasteiger partial charge is 0.223 e. The van der Waals surface area contributed by atoms with Crippen LogP contribution >= 0.6 is 0 Å². The van der Waals surface area contributed by atoms with E-state index in [-0.39, 0.29) is 0 Å². The molecule has 0 spiro atoms. The van der Waals surface area contributed by atoms with Crippen LogP contribution in [-0.2, 0) is 4.79 Å². The molecule has 3 heteroatoms. The van der Waals surface area contributed by atoms with Crippen LogP contribution in [0.1, 0.15) is 25.7 Å². The molecule has 3 atom stereocenters. The average Bonchev–Trinajstić information content (AvgIpc) is 2.71. The molecule has 2 aliphatic carbocycles. The predicted molar refractivity (Wildman–Crippen MR) is 53.7 cm³/mol. The maximum atomic E-state index is 11.9. The first-order valence-corrected chi connectivity index (χ1v) is 5.84. The first kappa shape index (κ1) is 8.72. The number of hydrogen-bond acceptors (Lipinski definition) is 2. The molecule has 3 fully saturated rings. The van der Waals surface area contributed by atoms with Gasteiger partial charge in [-0.3, -0.25) is 4.79 Å².